The number of aromatic nitrogens is 4. The van der Waals surface area contributed by atoms with Gasteiger partial charge in [-0.3, -0.25) is 0 Å². The van der Waals surface area contributed by atoms with Crippen molar-refractivity contribution in [1.82, 2.24) is 20.4 Å². The Labute approximate surface area is 87.0 Å². The van der Waals surface area contributed by atoms with Crippen molar-refractivity contribution < 1.29 is 9.90 Å². The van der Waals surface area contributed by atoms with Crippen LogP contribution in [0.15, 0.2) is 6.33 Å². The Bertz CT molecular complexity index is 478. The van der Waals surface area contributed by atoms with Gasteiger partial charge in [-0.1, -0.05) is 0 Å². The summed E-state index contributed by atoms with van der Waals surface area (Å²) in [6.45, 7) is 6.19. The Morgan fingerprint density at radius 3 is 2.27 bits per heavy atom. The van der Waals surface area contributed by atoms with Crippen LogP contribution in [0.4, 0.5) is 0 Å². The van der Waals surface area contributed by atoms with Crippen LogP contribution in [0.3, 0.4) is 0 Å². The molecule has 15 heavy (non-hydrogen) atoms. The molecule has 0 aliphatic rings. The molecule has 6 nitrogen and oxygen atoms in total. The van der Waals surface area contributed by atoms with E-state index in [0.29, 0.717) is 11.2 Å². The van der Waals surface area contributed by atoms with E-state index in [4.69, 9.17) is 5.11 Å². The van der Waals surface area contributed by atoms with Crippen molar-refractivity contribution in [2.45, 2.75) is 0 Å². The van der Waals surface area contributed by atoms with Gasteiger partial charge in [-0.15, -0.1) is 0 Å². The van der Waals surface area contributed by atoms with Crippen molar-refractivity contribution in [3.05, 3.63) is 11.7 Å². The van der Waals surface area contributed by atoms with Crippen LogP contribution >= 0.6 is 0 Å². The van der Waals surface area contributed by atoms with Crippen LogP contribution in [0, 0.1) is 0 Å². The molecule has 0 unspecified atom stereocenters. The van der Waals surface area contributed by atoms with E-state index >= 15 is 0 Å². The third kappa shape index (κ3) is 2.26. The maximum atomic E-state index is 10.6. The predicted molar refractivity (Wildman–Crippen MR) is 55.4 cm³/mol. The van der Waals surface area contributed by atoms with Gasteiger partial charge >= 0.3 is 86.3 Å². The Morgan fingerprint density at radius 2 is 1.73 bits per heavy atom. The molecule has 0 aliphatic heterocycles. The molecule has 0 aliphatic carbocycles. The van der Waals surface area contributed by atoms with Crippen molar-refractivity contribution in [2.75, 3.05) is 0 Å². The van der Waals surface area contributed by atoms with E-state index in [2.05, 4.69) is 20.4 Å². The van der Waals surface area contributed by atoms with E-state index in [9.17, 15) is 4.79 Å². The average Bonchev–Trinajstić information content (AvgIpc) is 2.30. The van der Waals surface area contributed by atoms with Gasteiger partial charge < -0.3 is 0 Å². The predicted octanol–water partition coefficient (Wildman–Crippen LogP) is -2.02. The summed E-state index contributed by atoms with van der Waals surface area (Å²) in [6.07, 6.45) is 1.23. The first-order valence-electron chi connectivity index (χ1n) is 4.11. The monoisotopic (exact) mass is 194 g/mol. The van der Waals surface area contributed by atoms with E-state index in [-0.39, 0.29) is 5.35 Å². The number of aromatic carboxylic acids is 1. The second-order valence-corrected chi connectivity index (χ2v) is 2.75. The summed E-state index contributed by atoms with van der Waals surface area (Å²) in [7, 11) is 0. The van der Waals surface area contributed by atoms with Gasteiger partial charge in [-0.2, -0.15) is 0 Å². The molecular weight excluding hydrogens is 191 g/mol. The van der Waals surface area contributed by atoms with Crippen LogP contribution in [0.1, 0.15) is 10.1 Å². The number of carboxylic acid groups (broad SMARTS) is 1. The van der Waals surface area contributed by atoms with E-state index in [1.54, 1.807) is 13.6 Å². The van der Waals surface area contributed by atoms with Gasteiger partial charge in [-0.05, 0) is 0 Å². The van der Waals surface area contributed by atoms with Crippen molar-refractivity contribution in [3.8, 4) is 11.2 Å². The average molecular weight is 193 g/mol. The minimum atomic E-state index is -0.966. The molecule has 0 atom stereocenters. The van der Waals surface area contributed by atoms with Crippen LogP contribution < -0.4 is 0 Å². The summed E-state index contributed by atoms with van der Waals surface area (Å²) in [6, 6.07) is 0. The molecule has 0 saturated heterocycles. The van der Waals surface area contributed by atoms with E-state index in [0.717, 1.165) is 0 Å². The topological polar surface area (TPSA) is 88.9 Å². The van der Waals surface area contributed by atoms with Gasteiger partial charge in [0.05, 0.1) is 0 Å². The van der Waals surface area contributed by atoms with Crippen molar-refractivity contribution in [2.24, 2.45) is 0 Å². The number of carboxylic acids is 1. The van der Waals surface area contributed by atoms with Crippen LogP contribution in [-0.4, -0.2) is 58.7 Å². The molecule has 2 heterocycles. The molecule has 0 aromatic carbocycles. The maximum absolute atomic E-state index is 10.6. The Morgan fingerprint density at radius 1 is 1.13 bits per heavy atom. The van der Waals surface area contributed by atoms with E-state index in [1.807, 2.05) is 0 Å². The van der Waals surface area contributed by atoms with Gasteiger partial charge in [-0.25, -0.2) is 0 Å². The zero-order chi connectivity index (χ0) is 10.7. The van der Waals surface area contributed by atoms with Crippen molar-refractivity contribution in [3.63, 3.8) is 0 Å². The summed E-state index contributed by atoms with van der Waals surface area (Å²) in [5.41, 5.74) is 0. The van der Waals surface area contributed by atoms with E-state index < -0.39 is 5.97 Å². The number of nitrogens with zero attached hydrogens (tertiary/aromatic N) is 4. The molecule has 0 fully saturated rings. The van der Waals surface area contributed by atoms with Crippen LogP contribution in [0.5, 0.6) is 0 Å². The standard InChI is InChI=1S/C5H2B4N4O2/c14-5(15)3-8-6-2(7-9-3)4-12-10-1-11-13-4/h1H,(H,14,15). The fourth-order valence-corrected chi connectivity index (χ4v) is 1.08. The third-order valence-corrected chi connectivity index (χ3v) is 1.80. The molecule has 0 spiro atoms. The molecule has 0 radical (unpaired) electrons. The molecular formula is C5H2B4N4O2. The molecule has 0 saturated carbocycles. The first kappa shape index (κ1) is 9.95. The summed E-state index contributed by atoms with van der Waals surface area (Å²) in [5, 5.41) is 24.3. The zero-order valence-electron chi connectivity index (χ0n) is 7.53. The molecule has 0 amide bonds. The van der Waals surface area contributed by atoms with Crippen molar-refractivity contribution in [1.29, 1.82) is 0 Å². The summed E-state index contributed by atoms with van der Waals surface area (Å²) < 4.78 is 0. The van der Waals surface area contributed by atoms with Gasteiger partial charge in [0.15, 0.2) is 0 Å². The molecule has 2 aromatic heterocycles. The van der Waals surface area contributed by atoms with E-state index in [1.165, 1.54) is 19.9 Å². The number of hydrogen-bond donors (Lipinski definition) is 1. The molecule has 10 heteroatoms. The summed E-state index contributed by atoms with van der Waals surface area (Å²) >= 11 is 0. The molecule has 1 N–H and O–H groups in total. The molecule has 0 bridgehead atoms. The van der Waals surface area contributed by atoms with Gasteiger partial charge in [0.1, 0.15) is 0 Å². The Hall–Kier alpha value is -1.59. The molecule has 2 aromatic rings. The fourth-order valence-electron chi connectivity index (χ4n) is 1.08. The van der Waals surface area contributed by atoms with Crippen LogP contribution in [0.2, 0.25) is 0 Å². The molecule has 2 rings (SSSR count). The SMILES string of the molecule is O=C(O)c1bbc(-c2nncnn2)bb1. The van der Waals surface area contributed by atoms with Gasteiger partial charge in [0.25, 0.3) is 0 Å². The number of rotatable bonds is 2. The van der Waals surface area contributed by atoms with Crippen LogP contribution in [-0.2, 0) is 0 Å². The minimum absolute atomic E-state index is 0.218. The van der Waals surface area contributed by atoms with Crippen molar-refractivity contribution >= 4 is 33.2 Å². The third-order valence-electron chi connectivity index (χ3n) is 1.80. The van der Waals surface area contributed by atoms with Gasteiger partial charge in [0.2, 0.25) is 0 Å². The second-order valence-electron chi connectivity index (χ2n) is 2.75. The zero-order valence-corrected chi connectivity index (χ0v) is 7.53. The summed E-state index contributed by atoms with van der Waals surface area (Å²) in [4.78, 5) is 10.6. The normalized spacial score (nSPS) is 8.80. The Kier molecular flexibility index (Phi) is 2.84. The molecule has 66 valence electrons. The Balaban J connectivity index is 2.36. The quantitative estimate of drug-likeness (QED) is 0.592. The van der Waals surface area contributed by atoms with Crippen LogP contribution in [0.25, 0.3) is 11.2 Å². The first-order chi connectivity index (χ1) is 7.27. The number of hydrogen-bond acceptors (Lipinski definition) is 5. The summed E-state index contributed by atoms with van der Waals surface area (Å²) in [5.74, 6) is -0.596. The first-order valence-corrected chi connectivity index (χ1v) is 4.11. The number of carbonyl (C=O) groups is 1. The second kappa shape index (κ2) is 4.29. The van der Waals surface area contributed by atoms with Gasteiger partial charge in [0, 0.05) is 0 Å². The fraction of sp³-hybridized carbons (Fsp3) is 0.